The second kappa shape index (κ2) is 5.50. The van der Waals surface area contributed by atoms with Gasteiger partial charge in [0.25, 0.3) is 0 Å². The van der Waals surface area contributed by atoms with E-state index in [1.807, 2.05) is 6.92 Å². The van der Waals surface area contributed by atoms with E-state index < -0.39 is 0 Å². The van der Waals surface area contributed by atoms with E-state index >= 15 is 0 Å². The molecule has 76 valence electrons. The Morgan fingerprint density at radius 2 is 2.38 bits per heavy atom. The van der Waals surface area contributed by atoms with Crippen LogP contribution >= 0.6 is 11.8 Å². The average molecular weight is 203 g/mol. The molecule has 0 aromatic heterocycles. The molecule has 0 bridgehead atoms. The van der Waals surface area contributed by atoms with Gasteiger partial charge in [-0.1, -0.05) is 6.92 Å². The van der Waals surface area contributed by atoms with Crippen LogP contribution in [0, 0.1) is 0 Å². The first-order chi connectivity index (χ1) is 6.22. The van der Waals surface area contributed by atoms with Crippen molar-refractivity contribution in [3.63, 3.8) is 0 Å². The van der Waals surface area contributed by atoms with Gasteiger partial charge in [-0.2, -0.15) is 0 Å². The van der Waals surface area contributed by atoms with Gasteiger partial charge in [0.15, 0.2) is 0 Å². The fourth-order valence-electron chi connectivity index (χ4n) is 0.980. The van der Waals surface area contributed by atoms with Gasteiger partial charge in [0.1, 0.15) is 0 Å². The minimum atomic E-state index is 0.136. The Balaban J connectivity index is 1.99. The van der Waals surface area contributed by atoms with Gasteiger partial charge in [-0.3, -0.25) is 4.79 Å². The van der Waals surface area contributed by atoms with E-state index in [4.69, 9.17) is 5.11 Å². The van der Waals surface area contributed by atoms with E-state index in [1.165, 1.54) is 0 Å². The highest BCUT2D eigenvalue weighted by Gasteiger charge is 2.23. The molecule has 1 aliphatic rings. The summed E-state index contributed by atoms with van der Waals surface area (Å²) in [6.45, 7) is 2.24. The summed E-state index contributed by atoms with van der Waals surface area (Å²) >= 11 is 1.61. The lowest BCUT2D eigenvalue weighted by atomic mass is 10.3. The molecular formula is C9H17NO2S. The van der Waals surface area contributed by atoms with E-state index in [9.17, 15) is 4.79 Å². The molecule has 0 heterocycles. The number of carbonyl (C=O) groups excluding carboxylic acids is 1. The number of nitrogens with one attached hydrogen (secondary N) is 1. The Morgan fingerprint density at radius 1 is 1.69 bits per heavy atom. The number of hydrogen-bond donors (Lipinski definition) is 2. The van der Waals surface area contributed by atoms with Gasteiger partial charge >= 0.3 is 0 Å². The highest BCUT2D eigenvalue weighted by atomic mass is 32.2. The highest BCUT2D eigenvalue weighted by Crippen LogP contribution is 2.19. The zero-order valence-electron chi connectivity index (χ0n) is 7.95. The highest BCUT2D eigenvalue weighted by molar-refractivity contribution is 8.00. The normalized spacial score (nSPS) is 18.3. The van der Waals surface area contributed by atoms with Crippen LogP contribution in [0.4, 0.5) is 0 Å². The van der Waals surface area contributed by atoms with Crippen LogP contribution in [0.3, 0.4) is 0 Å². The summed E-state index contributed by atoms with van der Waals surface area (Å²) < 4.78 is 0. The first kappa shape index (κ1) is 10.9. The van der Waals surface area contributed by atoms with Crippen LogP contribution in [-0.2, 0) is 4.79 Å². The Kier molecular flexibility index (Phi) is 4.59. The Labute approximate surface area is 83.3 Å². The van der Waals surface area contributed by atoms with Crippen molar-refractivity contribution in [1.82, 2.24) is 5.32 Å². The number of rotatable bonds is 6. The maximum absolute atomic E-state index is 11.2. The molecule has 1 aliphatic carbocycles. The quantitative estimate of drug-likeness (QED) is 0.670. The molecule has 0 aromatic carbocycles. The molecule has 0 aliphatic heterocycles. The SMILES string of the molecule is CC(CCO)SCC(=O)NC1CC1. The fraction of sp³-hybridized carbons (Fsp3) is 0.889. The fourth-order valence-corrected chi connectivity index (χ4v) is 1.77. The van der Waals surface area contributed by atoms with Crippen molar-refractivity contribution in [1.29, 1.82) is 0 Å². The minimum absolute atomic E-state index is 0.136. The molecule has 1 fully saturated rings. The maximum Gasteiger partial charge on any atom is 0.230 e. The van der Waals surface area contributed by atoms with Gasteiger partial charge in [-0.15, -0.1) is 11.8 Å². The third-order valence-electron chi connectivity index (χ3n) is 1.98. The summed E-state index contributed by atoms with van der Waals surface area (Å²) in [6, 6.07) is 0.459. The summed E-state index contributed by atoms with van der Waals surface area (Å²) in [4.78, 5) is 11.2. The lowest BCUT2D eigenvalue weighted by Crippen LogP contribution is -2.27. The predicted octanol–water partition coefficient (Wildman–Crippen LogP) is 0.769. The minimum Gasteiger partial charge on any atom is -0.396 e. The molecule has 0 saturated heterocycles. The summed E-state index contributed by atoms with van der Waals surface area (Å²) in [7, 11) is 0. The number of amides is 1. The lowest BCUT2D eigenvalue weighted by Gasteiger charge is -2.08. The zero-order chi connectivity index (χ0) is 9.68. The summed E-state index contributed by atoms with van der Waals surface area (Å²) in [6.07, 6.45) is 3.05. The third-order valence-corrected chi connectivity index (χ3v) is 3.21. The lowest BCUT2D eigenvalue weighted by molar-refractivity contribution is -0.118. The second-order valence-corrected chi connectivity index (χ2v) is 4.90. The van der Waals surface area contributed by atoms with Gasteiger partial charge in [-0.05, 0) is 19.3 Å². The van der Waals surface area contributed by atoms with E-state index in [2.05, 4.69) is 5.32 Å². The predicted molar refractivity (Wildman–Crippen MR) is 54.8 cm³/mol. The number of thioether (sulfide) groups is 1. The number of aliphatic hydroxyl groups is 1. The first-order valence-electron chi connectivity index (χ1n) is 4.74. The van der Waals surface area contributed by atoms with Crippen LogP contribution in [0.2, 0.25) is 0 Å². The van der Waals surface area contributed by atoms with Crippen molar-refractivity contribution >= 4 is 17.7 Å². The van der Waals surface area contributed by atoms with Crippen molar-refractivity contribution in [2.75, 3.05) is 12.4 Å². The van der Waals surface area contributed by atoms with Crippen LogP contribution in [0.5, 0.6) is 0 Å². The molecule has 1 atom stereocenters. The van der Waals surface area contributed by atoms with Crippen LogP contribution in [-0.4, -0.2) is 34.7 Å². The molecule has 1 saturated carbocycles. The van der Waals surface area contributed by atoms with Crippen molar-refractivity contribution in [2.24, 2.45) is 0 Å². The average Bonchev–Trinajstić information content (AvgIpc) is 2.85. The third kappa shape index (κ3) is 5.16. The Bertz CT molecular complexity index is 171. The summed E-state index contributed by atoms with van der Waals surface area (Å²) in [5.74, 6) is 0.662. The van der Waals surface area contributed by atoms with E-state index in [0.717, 1.165) is 19.3 Å². The van der Waals surface area contributed by atoms with Crippen LogP contribution in [0.1, 0.15) is 26.2 Å². The Hall–Kier alpha value is -0.220. The van der Waals surface area contributed by atoms with Crippen molar-refractivity contribution in [3.8, 4) is 0 Å². The molecule has 2 N–H and O–H groups in total. The van der Waals surface area contributed by atoms with E-state index in [0.29, 0.717) is 17.0 Å². The standard InChI is InChI=1S/C9H17NO2S/c1-7(4-5-11)13-6-9(12)10-8-2-3-8/h7-8,11H,2-6H2,1H3,(H,10,12). The number of aliphatic hydroxyl groups excluding tert-OH is 1. The molecule has 1 rings (SSSR count). The molecule has 0 spiro atoms. The molecule has 1 amide bonds. The van der Waals surface area contributed by atoms with E-state index in [1.54, 1.807) is 11.8 Å². The van der Waals surface area contributed by atoms with Crippen molar-refractivity contribution in [2.45, 2.75) is 37.5 Å². The number of hydrogen-bond acceptors (Lipinski definition) is 3. The van der Waals surface area contributed by atoms with Crippen molar-refractivity contribution < 1.29 is 9.90 Å². The topological polar surface area (TPSA) is 49.3 Å². The second-order valence-electron chi connectivity index (χ2n) is 3.48. The van der Waals surface area contributed by atoms with Crippen LogP contribution < -0.4 is 5.32 Å². The molecule has 3 nitrogen and oxygen atoms in total. The van der Waals surface area contributed by atoms with Gasteiger partial charge in [0, 0.05) is 17.9 Å². The molecule has 1 unspecified atom stereocenters. The largest absolute Gasteiger partial charge is 0.396 e. The smallest absolute Gasteiger partial charge is 0.230 e. The summed E-state index contributed by atoms with van der Waals surface area (Å²) in [5.41, 5.74) is 0. The molecule has 13 heavy (non-hydrogen) atoms. The maximum atomic E-state index is 11.2. The van der Waals surface area contributed by atoms with Gasteiger partial charge < -0.3 is 10.4 Å². The van der Waals surface area contributed by atoms with Gasteiger partial charge in [-0.25, -0.2) is 0 Å². The zero-order valence-corrected chi connectivity index (χ0v) is 8.77. The molecule has 0 radical (unpaired) electrons. The summed E-state index contributed by atoms with van der Waals surface area (Å²) in [5, 5.41) is 11.9. The van der Waals surface area contributed by atoms with Gasteiger partial charge in [0.05, 0.1) is 5.75 Å². The number of carbonyl (C=O) groups is 1. The van der Waals surface area contributed by atoms with Crippen molar-refractivity contribution in [3.05, 3.63) is 0 Å². The molecule has 4 heteroatoms. The molecular weight excluding hydrogens is 186 g/mol. The van der Waals surface area contributed by atoms with E-state index in [-0.39, 0.29) is 12.5 Å². The Morgan fingerprint density at radius 3 is 2.92 bits per heavy atom. The first-order valence-corrected chi connectivity index (χ1v) is 5.79. The monoisotopic (exact) mass is 203 g/mol. The van der Waals surface area contributed by atoms with Crippen LogP contribution in [0.15, 0.2) is 0 Å². The molecule has 0 aromatic rings. The van der Waals surface area contributed by atoms with Gasteiger partial charge in [0.2, 0.25) is 5.91 Å². The van der Waals surface area contributed by atoms with Crippen LogP contribution in [0.25, 0.3) is 0 Å².